The lowest BCUT2D eigenvalue weighted by atomic mass is 10.4. The Kier molecular flexibility index (Phi) is 17.6. The molecule has 10 N–H and O–H groups in total. The van der Waals surface area contributed by atoms with E-state index in [1.807, 2.05) is 0 Å². The van der Waals surface area contributed by atoms with Crippen LogP contribution < -0.4 is 0 Å². The van der Waals surface area contributed by atoms with E-state index in [0.717, 1.165) is 0 Å². The first-order valence-electron chi connectivity index (χ1n) is 9.32. The number of rotatable bonds is 20. The van der Waals surface area contributed by atoms with E-state index in [1.165, 1.54) is 0 Å². The van der Waals surface area contributed by atoms with E-state index < -0.39 is 102 Å². The summed E-state index contributed by atoms with van der Waals surface area (Å²) in [6, 6.07) is 0. The van der Waals surface area contributed by atoms with Crippen LogP contribution in [0.3, 0.4) is 0 Å². The number of aliphatic hydroxyl groups excluding tert-OH is 10. The predicted molar refractivity (Wildman–Crippen MR) is 96.9 cm³/mol. The molecule has 0 radical (unpaired) electrons. The van der Waals surface area contributed by atoms with Crippen molar-refractivity contribution < 1.29 is 74.7 Å². The summed E-state index contributed by atoms with van der Waals surface area (Å²) in [4.78, 5) is 0. The zero-order chi connectivity index (χ0) is 23.8. The van der Waals surface area contributed by atoms with Gasteiger partial charge in [0, 0.05) is 0 Å². The molecular formula is C16H34O15. The maximum atomic E-state index is 10.1. The summed E-state index contributed by atoms with van der Waals surface area (Å²) in [7, 11) is 0. The molecule has 0 heterocycles. The zero-order valence-corrected chi connectivity index (χ0v) is 16.8. The van der Waals surface area contributed by atoms with E-state index in [9.17, 15) is 30.6 Å². The van der Waals surface area contributed by atoms with Gasteiger partial charge in [0.2, 0.25) is 25.2 Å². The van der Waals surface area contributed by atoms with E-state index in [0.29, 0.717) is 0 Å². The molecule has 8 unspecified atom stereocenters. The first-order chi connectivity index (χ1) is 14.7. The van der Waals surface area contributed by atoms with E-state index >= 15 is 0 Å². The fraction of sp³-hybridized carbons (Fsp3) is 1.00. The van der Waals surface area contributed by atoms with Gasteiger partial charge in [0.15, 0.2) is 0 Å². The molecule has 0 saturated heterocycles. The smallest absolute Gasteiger partial charge is 0.212 e. The molecule has 31 heavy (non-hydrogen) atoms. The highest BCUT2D eigenvalue weighted by Crippen LogP contribution is 2.14. The van der Waals surface area contributed by atoms with E-state index in [-0.39, 0.29) is 0 Å². The highest BCUT2D eigenvalue weighted by Gasteiger charge is 2.32. The maximum Gasteiger partial charge on any atom is 0.212 e. The SMILES string of the molecule is OCC(O)COC(O)C(OCC(O)CO)OC(OCC(O)CO)C(O)OCC(O)CO. The molecule has 15 heteroatoms. The van der Waals surface area contributed by atoms with Crippen molar-refractivity contribution in [1.82, 2.24) is 0 Å². The minimum Gasteiger partial charge on any atom is -0.394 e. The van der Waals surface area contributed by atoms with Crippen LogP contribution in [-0.4, -0.2) is 153 Å². The molecule has 0 aliphatic carbocycles. The van der Waals surface area contributed by atoms with Gasteiger partial charge in [-0.25, -0.2) is 0 Å². The fourth-order valence-electron chi connectivity index (χ4n) is 1.71. The Labute approximate surface area is 178 Å². The van der Waals surface area contributed by atoms with Crippen molar-refractivity contribution in [3.05, 3.63) is 0 Å². The lowest BCUT2D eigenvalue weighted by Gasteiger charge is -2.31. The quantitative estimate of drug-likeness (QED) is 0.0749. The molecule has 0 fully saturated rings. The summed E-state index contributed by atoms with van der Waals surface area (Å²) in [6.45, 7) is -4.99. The highest BCUT2D eigenvalue weighted by atomic mass is 16.8. The van der Waals surface area contributed by atoms with Crippen molar-refractivity contribution in [2.75, 3.05) is 52.9 Å². The Bertz CT molecular complexity index is 380. The summed E-state index contributed by atoms with van der Waals surface area (Å²) in [5.41, 5.74) is 0. The average molecular weight is 466 g/mol. The van der Waals surface area contributed by atoms with Crippen LogP contribution in [-0.2, 0) is 23.7 Å². The van der Waals surface area contributed by atoms with Crippen molar-refractivity contribution >= 4 is 0 Å². The van der Waals surface area contributed by atoms with Gasteiger partial charge >= 0.3 is 0 Å². The van der Waals surface area contributed by atoms with Crippen LogP contribution in [0.2, 0.25) is 0 Å². The van der Waals surface area contributed by atoms with Gasteiger partial charge < -0.3 is 74.7 Å². The van der Waals surface area contributed by atoms with Crippen LogP contribution in [0.15, 0.2) is 0 Å². The zero-order valence-electron chi connectivity index (χ0n) is 16.8. The summed E-state index contributed by atoms with van der Waals surface area (Å²) < 4.78 is 25.1. The van der Waals surface area contributed by atoms with Gasteiger partial charge in [0.1, 0.15) is 24.4 Å². The minimum atomic E-state index is -1.96. The lowest BCUT2D eigenvalue weighted by Crippen LogP contribution is -2.46. The van der Waals surface area contributed by atoms with Crippen LogP contribution in [0.4, 0.5) is 0 Å². The third kappa shape index (κ3) is 14.2. The number of hydrogen-bond acceptors (Lipinski definition) is 15. The first-order valence-corrected chi connectivity index (χ1v) is 9.32. The van der Waals surface area contributed by atoms with Crippen LogP contribution in [0.5, 0.6) is 0 Å². The molecule has 0 spiro atoms. The van der Waals surface area contributed by atoms with Gasteiger partial charge in [-0.1, -0.05) is 0 Å². The third-order valence-corrected chi connectivity index (χ3v) is 3.40. The standard InChI is InChI=1S/C16H34O15/c17-1-9(21)5-27-13(25)15(29-7-11(23)3-19)31-16(30-8-12(24)4-20)14(26)28-6-10(22)2-18/h9-26H,1-8H2. The van der Waals surface area contributed by atoms with Gasteiger partial charge in [-0.15, -0.1) is 0 Å². The van der Waals surface area contributed by atoms with E-state index in [2.05, 4.69) is 0 Å². The second-order valence-corrected chi connectivity index (χ2v) is 6.33. The van der Waals surface area contributed by atoms with Crippen LogP contribution >= 0.6 is 0 Å². The Hall–Kier alpha value is -0.600. The molecule has 0 rings (SSSR count). The molecule has 0 aliphatic rings. The van der Waals surface area contributed by atoms with Gasteiger partial charge in [-0.2, -0.15) is 0 Å². The summed E-state index contributed by atoms with van der Waals surface area (Å²) >= 11 is 0. The molecule has 0 bridgehead atoms. The molecule has 15 nitrogen and oxygen atoms in total. The highest BCUT2D eigenvalue weighted by molar-refractivity contribution is 4.62. The second kappa shape index (κ2) is 17.9. The maximum absolute atomic E-state index is 10.1. The molecule has 8 atom stereocenters. The Morgan fingerprint density at radius 2 is 0.677 bits per heavy atom. The van der Waals surface area contributed by atoms with Crippen molar-refractivity contribution in [2.24, 2.45) is 0 Å². The topological polar surface area (TPSA) is 248 Å². The van der Waals surface area contributed by atoms with Crippen LogP contribution in [0.1, 0.15) is 0 Å². The summed E-state index contributed by atoms with van der Waals surface area (Å²) in [6.07, 6.45) is -13.0. The van der Waals surface area contributed by atoms with Crippen LogP contribution in [0, 0.1) is 0 Å². The molecule has 0 aromatic carbocycles. The van der Waals surface area contributed by atoms with Gasteiger partial charge in [-0.3, -0.25) is 0 Å². The Morgan fingerprint density at radius 1 is 0.419 bits per heavy atom. The van der Waals surface area contributed by atoms with E-state index in [1.54, 1.807) is 0 Å². The largest absolute Gasteiger partial charge is 0.394 e. The van der Waals surface area contributed by atoms with Crippen molar-refractivity contribution in [2.45, 2.75) is 49.6 Å². The lowest BCUT2D eigenvalue weighted by molar-refractivity contribution is -0.361. The first kappa shape index (κ1) is 30.4. The Balaban J connectivity index is 5.23. The van der Waals surface area contributed by atoms with Crippen molar-refractivity contribution in [3.8, 4) is 0 Å². The monoisotopic (exact) mass is 466 g/mol. The van der Waals surface area contributed by atoms with Gasteiger partial charge in [0.25, 0.3) is 0 Å². The van der Waals surface area contributed by atoms with E-state index in [4.69, 9.17) is 44.1 Å². The number of hydrogen-bond donors (Lipinski definition) is 10. The minimum absolute atomic E-state index is 0.556. The Morgan fingerprint density at radius 3 is 0.935 bits per heavy atom. The normalized spacial score (nSPS) is 19.9. The van der Waals surface area contributed by atoms with Crippen molar-refractivity contribution in [1.29, 1.82) is 0 Å². The average Bonchev–Trinajstić information content (AvgIpc) is 2.78. The molecule has 0 amide bonds. The summed E-state index contributed by atoms with van der Waals surface area (Å²) in [5.74, 6) is 0. The van der Waals surface area contributed by atoms with Crippen LogP contribution in [0.25, 0.3) is 0 Å². The predicted octanol–water partition coefficient (Wildman–Crippen LogP) is -6.23. The molecule has 0 saturated carbocycles. The number of ether oxygens (including phenoxy) is 5. The third-order valence-electron chi connectivity index (χ3n) is 3.40. The number of aliphatic hydroxyl groups is 10. The molecular weight excluding hydrogens is 432 g/mol. The fourth-order valence-corrected chi connectivity index (χ4v) is 1.71. The molecule has 0 aromatic heterocycles. The summed E-state index contributed by atoms with van der Waals surface area (Å²) in [5, 5.41) is 93.0. The molecule has 0 aromatic rings. The molecule has 188 valence electrons. The second-order valence-electron chi connectivity index (χ2n) is 6.33. The van der Waals surface area contributed by atoms with Gasteiger partial charge in [-0.05, 0) is 0 Å². The molecule has 0 aliphatic heterocycles. The van der Waals surface area contributed by atoms with Gasteiger partial charge in [0.05, 0.1) is 52.9 Å². The van der Waals surface area contributed by atoms with Crippen molar-refractivity contribution in [3.63, 3.8) is 0 Å².